The molecule has 0 radical (unpaired) electrons. The van der Waals surface area contributed by atoms with Crippen LogP contribution in [0.3, 0.4) is 0 Å². The summed E-state index contributed by atoms with van der Waals surface area (Å²) in [5.74, 6) is -4.83. The Labute approximate surface area is 243 Å². The van der Waals surface area contributed by atoms with Crippen LogP contribution in [0.25, 0.3) is 11.1 Å². The van der Waals surface area contributed by atoms with Crippen molar-refractivity contribution in [3.8, 4) is 11.1 Å². The Morgan fingerprint density at radius 3 is 1.98 bits per heavy atom. The van der Waals surface area contributed by atoms with Crippen LogP contribution in [0.5, 0.6) is 0 Å². The first-order valence-corrected chi connectivity index (χ1v) is 12.8. The lowest BCUT2D eigenvalue weighted by atomic mass is 9.81. The molecule has 1 amide bonds. The molecular formula is C32H24F3NO7. The number of esters is 1. The minimum atomic E-state index is -4.50. The number of alkyl halides is 3. The molecule has 0 aliphatic rings. The van der Waals surface area contributed by atoms with Gasteiger partial charge in [0.25, 0.3) is 5.91 Å². The van der Waals surface area contributed by atoms with E-state index in [0.29, 0.717) is 22.4 Å². The number of halogens is 3. The maximum absolute atomic E-state index is 13.1. The number of aliphatic carboxylic acids is 2. The highest BCUT2D eigenvalue weighted by Crippen LogP contribution is 2.32. The molecule has 3 N–H and O–H groups in total. The standard InChI is InChI=1S/C32H24F3NO7/c33-32(34,35)23-15-13-21(14-16-23)25-11-4-5-12-26(25)28(38)36-24-10-6-7-20(17-24)18-27(37)43-19-31(29(39)40,30(41)42)22-8-2-1-3-9-22/h1-17H,18-19H2,(H,36,38)(H,39,40)(H,41,42). The zero-order valence-corrected chi connectivity index (χ0v) is 22.3. The lowest BCUT2D eigenvalue weighted by Crippen LogP contribution is -2.48. The van der Waals surface area contributed by atoms with Gasteiger partial charge in [0.05, 0.1) is 12.0 Å². The van der Waals surface area contributed by atoms with Gasteiger partial charge in [0.15, 0.2) is 0 Å². The maximum Gasteiger partial charge on any atom is 0.416 e. The van der Waals surface area contributed by atoms with Crippen LogP contribution in [0, 0.1) is 0 Å². The van der Waals surface area contributed by atoms with Crippen molar-refractivity contribution in [1.29, 1.82) is 0 Å². The second kappa shape index (κ2) is 12.6. The van der Waals surface area contributed by atoms with E-state index < -0.39 is 47.6 Å². The Bertz CT molecular complexity index is 1640. The van der Waals surface area contributed by atoms with Gasteiger partial charge >= 0.3 is 24.1 Å². The van der Waals surface area contributed by atoms with Crippen molar-refractivity contribution in [2.75, 3.05) is 11.9 Å². The van der Waals surface area contributed by atoms with Crippen molar-refractivity contribution in [3.63, 3.8) is 0 Å². The predicted octanol–water partition coefficient (Wildman–Crippen LogP) is 5.82. The van der Waals surface area contributed by atoms with Crippen molar-refractivity contribution >= 4 is 29.5 Å². The summed E-state index contributed by atoms with van der Waals surface area (Å²) >= 11 is 0. The molecule has 4 rings (SSSR count). The number of carboxylic acid groups (broad SMARTS) is 2. The highest BCUT2D eigenvalue weighted by Gasteiger charge is 2.50. The molecular weight excluding hydrogens is 567 g/mol. The first-order valence-electron chi connectivity index (χ1n) is 12.8. The molecule has 4 aromatic rings. The van der Waals surface area contributed by atoms with E-state index in [0.717, 1.165) is 12.1 Å². The van der Waals surface area contributed by atoms with E-state index >= 15 is 0 Å². The van der Waals surface area contributed by atoms with E-state index in [1.165, 1.54) is 48.5 Å². The van der Waals surface area contributed by atoms with Crippen molar-refractivity contribution in [2.45, 2.75) is 18.0 Å². The summed E-state index contributed by atoms with van der Waals surface area (Å²) in [5, 5.41) is 22.2. The second-order valence-electron chi connectivity index (χ2n) is 9.49. The topological polar surface area (TPSA) is 130 Å². The molecule has 0 unspecified atom stereocenters. The number of anilines is 1. The fourth-order valence-electron chi connectivity index (χ4n) is 4.40. The number of rotatable bonds is 10. The summed E-state index contributed by atoms with van der Waals surface area (Å²) < 4.78 is 44.0. The zero-order chi connectivity index (χ0) is 31.2. The number of nitrogens with one attached hydrogen (secondary N) is 1. The molecule has 0 saturated heterocycles. The molecule has 0 aliphatic heterocycles. The Kier molecular flexibility index (Phi) is 8.94. The smallest absolute Gasteiger partial charge is 0.416 e. The Morgan fingerprint density at radius 1 is 0.721 bits per heavy atom. The molecule has 43 heavy (non-hydrogen) atoms. The zero-order valence-electron chi connectivity index (χ0n) is 22.3. The average molecular weight is 592 g/mol. The lowest BCUT2D eigenvalue weighted by Gasteiger charge is -2.25. The van der Waals surface area contributed by atoms with E-state index in [1.807, 2.05) is 0 Å². The van der Waals surface area contributed by atoms with Crippen LogP contribution in [0.2, 0.25) is 0 Å². The summed E-state index contributed by atoms with van der Waals surface area (Å²) in [6.45, 7) is -0.947. The van der Waals surface area contributed by atoms with Crippen LogP contribution < -0.4 is 5.32 Å². The van der Waals surface area contributed by atoms with Crippen LogP contribution in [0.1, 0.15) is 27.0 Å². The van der Waals surface area contributed by atoms with Gasteiger partial charge in [-0.1, -0.05) is 72.8 Å². The Hall–Kier alpha value is -5.45. The average Bonchev–Trinajstić information content (AvgIpc) is 2.97. The van der Waals surface area contributed by atoms with Gasteiger partial charge in [-0.15, -0.1) is 0 Å². The highest BCUT2D eigenvalue weighted by molar-refractivity contribution is 6.09. The van der Waals surface area contributed by atoms with Crippen LogP contribution in [-0.4, -0.2) is 40.6 Å². The molecule has 4 aromatic carbocycles. The summed E-state index contributed by atoms with van der Waals surface area (Å²) in [6, 6.07) is 24.1. The number of benzene rings is 4. The number of carboxylic acids is 2. The SMILES string of the molecule is O=C(Cc1cccc(NC(=O)c2ccccc2-c2ccc(C(F)(F)F)cc2)c1)OCC(C(=O)O)(C(=O)O)c1ccccc1. The van der Waals surface area contributed by atoms with Crippen molar-refractivity contribution in [3.05, 3.63) is 125 Å². The van der Waals surface area contributed by atoms with Crippen LogP contribution in [-0.2, 0) is 37.1 Å². The van der Waals surface area contributed by atoms with Gasteiger partial charge in [0, 0.05) is 11.3 Å². The van der Waals surface area contributed by atoms with Crippen LogP contribution in [0.15, 0.2) is 103 Å². The number of carbonyl (C=O) groups is 4. The minimum Gasteiger partial charge on any atom is -0.480 e. The number of ether oxygens (including phenoxy) is 1. The first kappa shape index (κ1) is 30.5. The Morgan fingerprint density at radius 2 is 1.35 bits per heavy atom. The van der Waals surface area contributed by atoms with Gasteiger partial charge in [-0.2, -0.15) is 13.2 Å². The number of amides is 1. The van der Waals surface area contributed by atoms with E-state index in [-0.39, 0.29) is 17.5 Å². The molecule has 0 heterocycles. The summed E-state index contributed by atoms with van der Waals surface area (Å²) in [7, 11) is 0. The molecule has 0 aliphatic carbocycles. The largest absolute Gasteiger partial charge is 0.480 e. The first-order chi connectivity index (χ1) is 20.4. The highest BCUT2D eigenvalue weighted by atomic mass is 19.4. The minimum absolute atomic E-state index is 0.0657. The quantitative estimate of drug-likeness (QED) is 0.157. The Balaban J connectivity index is 1.47. The summed E-state index contributed by atoms with van der Waals surface area (Å²) in [6.07, 6.45) is -4.85. The number of hydrogen-bond acceptors (Lipinski definition) is 5. The molecule has 0 aromatic heterocycles. The van der Waals surface area contributed by atoms with E-state index in [9.17, 15) is 42.6 Å². The van der Waals surface area contributed by atoms with Gasteiger partial charge in [-0.3, -0.25) is 19.2 Å². The third-order valence-electron chi connectivity index (χ3n) is 6.67. The molecule has 11 heteroatoms. The molecule has 0 spiro atoms. The van der Waals surface area contributed by atoms with Crippen LogP contribution in [0.4, 0.5) is 18.9 Å². The predicted molar refractivity (Wildman–Crippen MR) is 149 cm³/mol. The summed E-state index contributed by atoms with van der Waals surface area (Å²) in [5.41, 5.74) is -1.69. The lowest BCUT2D eigenvalue weighted by molar-refractivity contribution is -0.164. The third-order valence-corrected chi connectivity index (χ3v) is 6.67. The molecule has 0 atom stereocenters. The van der Waals surface area contributed by atoms with Crippen molar-refractivity contribution in [2.24, 2.45) is 0 Å². The van der Waals surface area contributed by atoms with Crippen molar-refractivity contribution in [1.82, 2.24) is 0 Å². The normalized spacial score (nSPS) is 11.4. The number of carbonyl (C=O) groups excluding carboxylic acids is 2. The molecule has 0 saturated carbocycles. The summed E-state index contributed by atoms with van der Waals surface area (Å²) in [4.78, 5) is 49.8. The fourth-order valence-corrected chi connectivity index (χ4v) is 4.40. The fraction of sp³-hybridized carbons (Fsp3) is 0.125. The molecule has 0 bridgehead atoms. The van der Waals surface area contributed by atoms with Gasteiger partial charge < -0.3 is 20.3 Å². The number of hydrogen-bond donors (Lipinski definition) is 3. The molecule has 8 nitrogen and oxygen atoms in total. The van der Waals surface area contributed by atoms with Crippen LogP contribution >= 0.6 is 0 Å². The van der Waals surface area contributed by atoms with Gasteiger partial charge in [0.1, 0.15) is 6.61 Å². The third kappa shape index (κ3) is 6.89. The van der Waals surface area contributed by atoms with Crippen molar-refractivity contribution < 1.29 is 47.3 Å². The van der Waals surface area contributed by atoms with E-state index in [2.05, 4.69) is 5.32 Å². The van der Waals surface area contributed by atoms with E-state index in [1.54, 1.807) is 42.5 Å². The van der Waals surface area contributed by atoms with Gasteiger partial charge in [-0.05, 0) is 52.6 Å². The van der Waals surface area contributed by atoms with Gasteiger partial charge in [-0.25, -0.2) is 0 Å². The van der Waals surface area contributed by atoms with Gasteiger partial charge in [0.2, 0.25) is 5.41 Å². The maximum atomic E-state index is 13.1. The monoisotopic (exact) mass is 591 g/mol. The second-order valence-corrected chi connectivity index (χ2v) is 9.49. The molecule has 0 fully saturated rings. The molecule has 220 valence electrons. The van der Waals surface area contributed by atoms with E-state index in [4.69, 9.17) is 4.74 Å².